The highest BCUT2D eigenvalue weighted by Crippen LogP contribution is 2.10. The fraction of sp³-hybridized carbons (Fsp3) is 0.929. The second-order valence-corrected chi connectivity index (χ2v) is 4.53. The smallest absolute Gasteiger partial charge is 0.305 e. The molecule has 0 aliphatic carbocycles. The Balaban J connectivity index is 3.01. The van der Waals surface area contributed by atoms with Crippen molar-refractivity contribution in [1.29, 1.82) is 0 Å². The number of rotatable bonds is 12. The molecule has 0 aliphatic rings. The van der Waals surface area contributed by atoms with Crippen molar-refractivity contribution < 1.29 is 9.53 Å². The summed E-state index contributed by atoms with van der Waals surface area (Å²) >= 11 is 0. The Kier molecular flexibility index (Phi) is 13.0. The van der Waals surface area contributed by atoms with Crippen molar-refractivity contribution in [3.63, 3.8) is 0 Å². The number of esters is 1. The lowest BCUT2D eigenvalue weighted by Crippen LogP contribution is -2.03. The van der Waals surface area contributed by atoms with Crippen molar-refractivity contribution in [2.24, 2.45) is 5.73 Å². The van der Waals surface area contributed by atoms with Crippen LogP contribution < -0.4 is 5.73 Å². The Morgan fingerprint density at radius 2 is 1.35 bits per heavy atom. The summed E-state index contributed by atoms with van der Waals surface area (Å²) in [5.74, 6) is -0.0470. The van der Waals surface area contributed by atoms with Crippen LogP contribution in [0.25, 0.3) is 0 Å². The average Bonchev–Trinajstić information content (AvgIpc) is 2.32. The van der Waals surface area contributed by atoms with Gasteiger partial charge in [0.25, 0.3) is 0 Å². The third kappa shape index (κ3) is 13.4. The lowest BCUT2D eigenvalue weighted by molar-refractivity contribution is -0.143. The molecule has 17 heavy (non-hydrogen) atoms. The summed E-state index contributed by atoms with van der Waals surface area (Å²) in [5.41, 5.74) is 5.43. The maximum absolute atomic E-state index is 11.0. The molecule has 0 saturated carbocycles. The van der Waals surface area contributed by atoms with Crippen LogP contribution in [-0.4, -0.2) is 19.1 Å². The van der Waals surface area contributed by atoms with Crippen molar-refractivity contribution in [2.45, 2.75) is 71.1 Å². The van der Waals surface area contributed by atoms with E-state index >= 15 is 0 Å². The SMILES string of the molecule is CCOC(=O)CCCCCCCCCCCN. The quantitative estimate of drug-likeness (QED) is 0.422. The summed E-state index contributed by atoms with van der Waals surface area (Å²) in [6.45, 7) is 3.18. The van der Waals surface area contributed by atoms with Gasteiger partial charge in [-0.25, -0.2) is 0 Å². The fourth-order valence-corrected chi connectivity index (χ4v) is 1.88. The molecule has 0 radical (unpaired) electrons. The Hall–Kier alpha value is -0.570. The zero-order chi connectivity index (χ0) is 12.8. The summed E-state index contributed by atoms with van der Waals surface area (Å²) in [5, 5.41) is 0. The van der Waals surface area contributed by atoms with Gasteiger partial charge in [-0.05, 0) is 26.3 Å². The number of nitrogens with two attached hydrogens (primary N) is 1. The van der Waals surface area contributed by atoms with Crippen molar-refractivity contribution in [3.8, 4) is 0 Å². The van der Waals surface area contributed by atoms with E-state index in [0.29, 0.717) is 13.0 Å². The van der Waals surface area contributed by atoms with Crippen LogP contribution in [0, 0.1) is 0 Å². The molecular weight excluding hydrogens is 214 g/mol. The molecule has 0 unspecified atom stereocenters. The van der Waals surface area contributed by atoms with Gasteiger partial charge in [0.2, 0.25) is 0 Å². The van der Waals surface area contributed by atoms with Crippen LogP contribution in [0.4, 0.5) is 0 Å². The van der Waals surface area contributed by atoms with E-state index in [1.807, 2.05) is 6.92 Å². The summed E-state index contributed by atoms with van der Waals surface area (Å²) in [6.07, 6.45) is 11.7. The minimum absolute atomic E-state index is 0.0470. The molecule has 0 aromatic heterocycles. The summed E-state index contributed by atoms with van der Waals surface area (Å²) in [7, 11) is 0. The molecule has 3 heteroatoms. The molecule has 3 nitrogen and oxygen atoms in total. The van der Waals surface area contributed by atoms with Crippen LogP contribution in [0.1, 0.15) is 71.1 Å². The summed E-state index contributed by atoms with van der Waals surface area (Å²) in [6, 6.07) is 0. The van der Waals surface area contributed by atoms with Gasteiger partial charge in [-0.15, -0.1) is 0 Å². The lowest BCUT2D eigenvalue weighted by atomic mass is 10.1. The van der Waals surface area contributed by atoms with Gasteiger partial charge in [-0.1, -0.05) is 44.9 Å². The molecule has 0 amide bonds. The number of ether oxygens (including phenoxy) is 1. The Morgan fingerprint density at radius 1 is 0.882 bits per heavy atom. The predicted molar refractivity (Wildman–Crippen MR) is 71.9 cm³/mol. The standard InChI is InChI=1S/C14H29NO2/c1-2-17-14(16)12-10-8-6-4-3-5-7-9-11-13-15/h2-13,15H2,1H3. The first-order valence-electron chi connectivity index (χ1n) is 7.17. The number of carbonyl (C=O) groups is 1. The molecule has 102 valence electrons. The van der Waals surface area contributed by atoms with E-state index in [1.54, 1.807) is 0 Å². The third-order valence-electron chi connectivity index (χ3n) is 2.89. The predicted octanol–water partition coefficient (Wildman–Crippen LogP) is 3.41. The second kappa shape index (κ2) is 13.5. The van der Waals surface area contributed by atoms with E-state index in [-0.39, 0.29) is 5.97 Å². The second-order valence-electron chi connectivity index (χ2n) is 4.53. The maximum atomic E-state index is 11.0. The Bertz CT molecular complexity index is 172. The molecule has 0 fully saturated rings. The first-order chi connectivity index (χ1) is 8.31. The van der Waals surface area contributed by atoms with E-state index in [9.17, 15) is 4.79 Å². The molecule has 0 spiro atoms. The number of carbonyl (C=O) groups excluding carboxylic acids is 1. The zero-order valence-electron chi connectivity index (χ0n) is 11.4. The van der Waals surface area contributed by atoms with Gasteiger partial charge in [-0.3, -0.25) is 4.79 Å². The van der Waals surface area contributed by atoms with Crippen LogP contribution in [0.3, 0.4) is 0 Å². The van der Waals surface area contributed by atoms with E-state index in [4.69, 9.17) is 10.5 Å². The van der Waals surface area contributed by atoms with Gasteiger partial charge in [0.05, 0.1) is 6.61 Å². The molecule has 0 atom stereocenters. The molecule has 0 bridgehead atoms. The topological polar surface area (TPSA) is 52.3 Å². The van der Waals surface area contributed by atoms with Gasteiger partial charge in [0.1, 0.15) is 0 Å². The van der Waals surface area contributed by atoms with E-state index in [2.05, 4.69) is 0 Å². The van der Waals surface area contributed by atoms with Gasteiger partial charge in [0.15, 0.2) is 0 Å². The highest BCUT2D eigenvalue weighted by Gasteiger charge is 2.00. The van der Waals surface area contributed by atoms with Crippen molar-refractivity contribution >= 4 is 5.97 Å². The Morgan fingerprint density at radius 3 is 1.82 bits per heavy atom. The van der Waals surface area contributed by atoms with Gasteiger partial charge in [-0.2, -0.15) is 0 Å². The molecule has 0 saturated heterocycles. The minimum atomic E-state index is -0.0470. The Labute approximate surface area is 106 Å². The molecule has 0 aliphatic heterocycles. The molecule has 0 rings (SSSR count). The van der Waals surface area contributed by atoms with Gasteiger partial charge < -0.3 is 10.5 Å². The monoisotopic (exact) mass is 243 g/mol. The van der Waals surface area contributed by atoms with Crippen molar-refractivity contribution in [2.75, 3.05) is 13.2 Å². The minimum Gasteiger partial charge on any atom is -0.466 e. The fourth-order valence-electron chi connectivity index (χ4n) is 1.88. The largest absolute Gasteiger partial charge is 0.466 e. The van der Waals surface area contributed by atoms with Gasteiger partial charge >= 0.3 is 5.97 Å². The number of hydrogen-bond donors (Lipinski definition) is 1. The number of hydrogen-bond acceptors (Lipinski definition) is 3. The average molecular weight is 243 g/mol. The highest BCUT2D eigenvalue weighted by molar-refractivity contribution is 5.69. The van der Waals surface area contributed by atoms with E-state index < -0.39 is 0 Å². The molecule has 2 N–H and O–H groups in total. The van der Waals surface area contributed by atoms with E-state index in [1.165, 1.54) is 44.9 Å². The van der Waals surface area contributed by atoms with Crippen molar-refractivity contribution in [1.82, 2.24) is 0 Å². The summed E-state index contributed by atoms with van der Waals surface area (Å²) < 4.78 is 4.88. The first kappa shape index (κ1) is 16.4. The van der Waals surface area contributed by atoms with Gasteiger partial charge in [0, 0.05) is 6.42 Å². The van der Waals surface area contributed by atoms with Crippen LogP contribution in [0.5, 0.6) is 0 Å². The highest BCUT2D eigenvalue weighted by atomic mass is 16.5. The third-order valence-corrected chi connectivity index (χ3v) is 2.89. The van der Waals surface area contributed by atoms with Crippen molar-refractivity contribution in [3.05, 3.63) is 0 Å². The molecular formula is C14H29NO2. The van der Waals surface area contributed by atoms with E-state index in [0.717, 1.165) is 19.4 Å². The zero-order valence-corrected chi connectivity index (χ0v) is 11.4. The number of unbranched alkanes of at least 4 members (excludes halogenated alkanes) is 8. The molecule has 0 aromatic carbocycles. The van der Waals surface area contributed by atoms with Crippen LogP contribution in [-0.2, 0) is 9.53 Å². The van der Waals surface area contributed by atoms with Crippen LogP contribution in [0.2, 0.25) is 0 Å². The first-order valence-corrected chi connectivity index (χ1v) is 7.17. The summed E-state index contributed by atoms with van der Waals surface area (Å²) in [4.78, 5) is 11.0. The molecule has 0 heterocycles. The maximum Gasteiger partial charge on any atom is 0.305 e. The van der Waals surface area contributed by atoms with Crippen LogP contribution in [0.15, 0.2) is 0 Å². The lowest BCUT2D eigenvalue weighted by Gasteiger charge is -2.02. The molecule has 0 aromatic rings. The normalized spacial score (nSPS) is 10.5. The van der Waals surface area contributed by atoms with Crippen LogP contribution >= 0.6 is 0 Å².